The van der Waals surface area contributed by atoms with Gasteiger partial charge in [-0.05, 0) is 83.3 Å². The standard InChI is InChI=1S/C44H48O10/c1-3-41(45)49-27-7-5-25-47-39-21-17-37(18-22-39)35-13-9-33(10-14-35)31-53-43-44(52-30-29-51-43)54-32-34-11-15-36(16-12-34)38-19-23-40(24-20-38)48-26-6-8-28-50-42(46)4-2/h3-4,9-24,43-44H,1-2,5-8,25-32H2. The van der Waals surface area contributed by atoms with Crippen molar-refractivity contribution >= 4 is 11.9 Å². The van der Waals surface area contributed by atoms with Crippen molar-refractivity contribution in [1.82, 2.24) is 0 Å². The smallest absolute Gasteiger partial charge is 0.330 e. The molecule has 0 bridgehead atoms. The Hall–Kier alpha value is -5.26. The van der Waals surface area contributed by atoms with Gasteiger partial charge in [0.05, 0.1) is 52.9 Å². The van der Waals surface area contributed by atoms with Crippen molar-refractivity contribution in [2.75, 3.05) is 39.6 Å². The zero-order chi connectivity index (χ0) is 37.8. The SMILES string of the molecule is C=CC(=O)OCCCCOc1ccc(-c2ccc(COC3OCCOC3OCc3ccc(-c4ccc(OCCCCOC(=O)C=C)cc4)cc3)cc2)cc1. The number of carbonyl (C=O) groups excluding carboxylic acids is 2. The third-order valence-electron chi connectivity index (χ3n) is 8.42. The van der Waals surface area contributed by atoms with E-state index < -0.39 is 24.5 Å². The van der Waals surface area contributed by atoms with E-state index in [1.807, 2.05) is 72.8 Å². The van der Waals surface area contributed by atoms with Crippen LogP contribution in [0.2, 0.25) is 0 Å². The lowest BCUT2D eigenvalue weighted by atomic mass is 10.0. The lowest BCUT2D eigenvalue weighted by Crippen LogP contribution is -2.41. The van der Waals surface area contributed by atoms with Crippen LogP contribution >= 0.6 is 0 Å². The fourth-order valence-electron chi connectivity index (χ4n) is 5.42. The van der Waals surface area contributed by atoms with Crippen LogP contribution in [-0.2, 0) is 51.2 Å². The number of unbranched alkanes of at least 4 members (excludes halogenated alkanes) is 2. The van der Waals surface area contributed by atoms with E-state index in [4.69, 9.17) is 37.9 Å². The van der Waals surface area contributed by atoms with Crippen molar-refractivity contribution in [3.05, 3.63) is 133 Å². The maximum absolute atomic E-state index is 11.1. The lowest BCUT2D eigenvalue weighted by Gasteiger charge is -2.31. The Kier molecular flexibility index (Phi) is 16.3. The highest BCUT2D eigenvalue weighted by molar-refractivity contribution is 5.81. The minimum atomic E-state index is -0.650. The minimum Gasteiger partial charge on any atom is -0.494 e. The second-order valence-electron chi connectivity index (χ2n) is 12.4. The number of benzene rings is 4. The summed E-state index contributed by atoms with van der Waals surface area (Å²) in [6.07, 6.45) is 4.05. The predicted octanol–water partition coefficient (Wildman–Crippen LogP) is 8.23. The van der Waals surface area contributed by atoms with Gasteiger partial charge in [-0.1, -0.05) is 86.0 Å². The van der Waals surface area contributed by atoms with Crippen LogP contribution in [0.3, 0.4) is 0 Å². The number of rotatable bonds is 22. The molecule has 1 fully saturated rings. The van der Waals surface area contributed by atoms with Crippen LogP contribution in [0.4, 0.5) is 0 Å². The first-order valence-corrected chi connectivity index (χ1v) is 18.2. The molecule has 10 heteroatoms. The van der Waals surface area contributed by atoms with E-state index in [1.54, 1.807) is 0 Å². The molecule has 1 aliphatic rings. The summed E-state index contributed by atoms with van der Waals surface area (Å²) in [6, 6.07) is 32.3. The van der Waals surface area contributed by atoms with Gasteiger partial charge < -0.3 is 37.9 Å². The average Bonchev–Trinajstić information content (AvgIpc) is 3.22. The Morgan fingerprint density at radius 1 is 0.519 bits per heavy atom. The zero-order valence-electron chi connectivity index (χ0n) is 30.5. The average molecular weight is 737 g/mol. The van der Waals surface area contributed by atoms with Crippen LogP contribution < -0.4 is 9.47 Å². The molecule has 1 saturated heterocycles. The number of esters is 2. The second-order valence-corrected chi connectivity index (χ2v) is 12.4. The monoisotopic (exact) mass is 736 g/mol. The molecular weight excluding hydrogens is 688 g/mol. The molecule has 0 amide bonds. The van der Waals surface area contributed by atoms with E-state index in [0.717, 1.165) is 82.7 Å². The number of carbonyl (C=O) groups is 2. The van der Waals surface area contributed by atoms with Crippen molar-refractivity contribution in [2.45, 2.75) is 51.5 Å². The van der Waals surface area contributed by atoms with Gasteiger partial charge in [0.2, 0.25) is 12.6 Å². The Morgan fingerprint density at radius 3 is 1.20 bits per heavy atom. The minimum absolute atomic E-state index is 0.347. The molecule has 0 N–H and O–H groups in total. The second kappa shape index (κ2) is 22.1. The molecule has 0 radical (unpaired) electrons. The largest absolute Gasteiger partial charge is 0.494 e. The summed E-state index contributed by atoms with van der Waals surface area (Å²) in [7, 11) is 0. The highest BCUT2D eigenvalue weighted by Gasteiger charge is 2.28. The van der Waals surface area contributed by atoms with E-state index in [2.05, 4.69) is 37.4 Å². The van der Waals surface area contributed by atoms with Crippen LogP contribution in [0.5, 0.6) is 11.5 Å². The van der Waals surface area contributed by atoms with E-state index >= 15 is 0 Å². The van der Waals surface area contributed by atoms with Crippen LogP contribution in [0.1, 0.15) is 36.8 Å². The van der Waals surface area contributed by atoms with Crippen LogP contribution in [0.15, 0.2) is 122 Å². The Balaban J connectivity index is 1.01. The van der Waals surface area contributed by atoms with Gasteiger partial charge in [-0.25, -0.2) is 9.59 Å². The van der Waals surface area contributed by atoms with Gasteiger partial charge in [-0.2, -0.15) is 0 Å². The van der Waals surface area contributed by atoms with Gasteiger partial charge in [-0.15, -0.1) is 0 Å². The Morgan fingerprint density at radius 2 is 0.852 bits per heavy atom. The van der Waals surface area contributed by atoms with Crippen LogP contribution in [-0.4, -0.2) is 64.2 Å². The molecule has 2 unspecified atom stereocenters. The first-order valence-electron chi connectivity index (χ1n) is 18.2. The van der Waals surface area contributed by atoms with Crippen molar-refractivity contribution in [3.8, 4) is 33.8 Å². The number of ether oxygens (including phenoxy) is 8. The molecule has 4 aromatic carbocycles. The van der Waals surface area contributed by atoms with Crippen molar-refractivity contribution in [1.29, 1.82) is 0 Å². The van der Waals surface area contributed by atoms with Crippen molar-refractivity contribution < 1.29 is 47.5 Å². The van der Waals surface area contributed by atoms with Gasteiger partial charge in [0.25, 0.3) is 0 Å². The lowest BCUT2D eigenvalue weighted by molar-refractivity contribution is -0.326. The molecule has 0 saturated carbocycles. The number of hydrogen-bond acceptors (Lipinski definition) is 10. The Bertz CT molecular complexity index is 1600. The predicted molar refractivity (Wildman–Crippen MR) is 205 cm³/mol. The molecule has 1 heterocycles. The van der Waals surface area contributed by atoms with Gasteiger partial charge in [0.15, 0.2) is 0 Å². The van der Waals surface area contributed by atoms with E-state index in [-0.39, 0.29) is 0 Å². The van der Waals surface area contributed by atoms with Crippen LogP contribution in [0, 0.1) is 0 Å². The number of hydrogen-bond donors (Lipinski definition) is 0. The molecule has 1 aliphatic heterocycles. The van der Waals surface area contributed by atoms with Gasteiger partial charge >= 0.3 is 11.9 Å². The molecule has 5 rings (SSSR count). The normalized spacial score (nSPS) is 15.2. The molecule has 284 valence electrons. The zero-order valence-corrected chi connectivity index (χ0v) is 30.5. The molecule has 4 aromatic rings. The molecule has 2 atom stereocenters. The maximum Gasteiger partial charge on any atom is 0.330 e. The molecule has 10 nitrogen and oxygen atoms in total. The van der Waals surface area contributed by atoms with E-state index in [0.29, 0.717) is 52.9 Å². The van der Waals surface area contributed by atoms with Crippen molar-refractivity contribution in [2.24, 2.45) is 0 Å². The maximum atomic E-state index is 11.1. The Labute approximate surface area is 317 Å². The summed E-state index contributed by atoms with van der Waals surface area (Å²) >= 11 is 0. The van der Waals surface area contributed by atoms with Crippen molar-refractivity contribution in [3.63, 3.8) is 0 Å². The van der Waals surface area contributed by atoms with E-state index in [9.17, 15) is 9.59 Å². The summed E-state index contributed by atoms with van der Waals surface area (Å²) in [4.78, 5) is 22.2. The summed E-state index contributed by atoms with van der Waals surface area (Å²) in [5, 5.41) is 0. The summed E-state index contributed by atoms with van der Waals surface area (Å²) in [5.41, 5.74) is 6.33. The topological polar surface area (TPSA) is 108 Å². The first kappa shape index (κ1) is 39.9. The fourth-order valence-corrected chi connectivity index (χ4v) is 5.42. The molecule has 0 aliphatic carbocycles. The molecular formula is C44H48O10. The first-order chi connectivity index (χ1) is 26.5. The van der Waals surface area contributed by atoms with Crippen LogP contribution in [0.25, 0.3) is 22.3 Å². The molecule has 54 heavy (non-hydrogen) atoms. The van der Waals surface area contributed by atoms with Gasteiger partial charge in [0, 0.05) is 12.2 Å². The quantitative estimate of drug-likeness (QED) is 0.0445. The fraction of sp³-hybridized carbons (Fsp3) is 0.318. The van der Waals surface area contributed by atoms with Gasteiger partial charge in [-0.3, -0.25) is 0 Å². The summed E-state index contributed by atoms with van der Waals surface area (Å²) < 4.78 is 45.5. The van der Waals surface area contributed by atoms with Gasteiger partial charge in [0.1, 0.15) is 11.5 Å². The molecule has 0 aromatic heterocycles. The molecule has 0 spiro atoms. The summed E-state index contributed by atoms with van der Waals surface area (Å²) in [6.45, 7) is 10.1. The van der Waals surface area contributed by atoms with E-state index in [1.165, 1.54) is 0 Å². The third-order valence-corrected chi connectivity index (χ3v) is 8.42. The third kappa shape index (κ3) is 13.3. The highest BCUT2D eigenvalue weighted by Crippen LogP contribution is 2.26. The highest BCUT2D eigenvalue weighted by atomic mass is 16.8. The summed E-state index contributed by atoms with van der Waals surface area (Å²) in [5.74, 6) is 0.773.